The van der Waals surface area contributed by atoms with Gasteiger partial charge in [-0.05, 0) is 0 Å². The standard InChI is InChI=1S/C8H19N3O/c1-2-10(7-8-12)11-5-3-9-4-6-11/h9,12H,2-8H2,1H3. The number of rotatable bonds is 4. The first kappa shape index (κ1) is 9.92. The number of likely N-dealkylation sites (N-methyl/N-ethyl adjacent to an activating group) is 1. The second kappa shape index (κ2) is 5.48. The summed E-state index contributed by atoms with van der Waals surface area (Å²) in [5.74, 6) is 0. The molecule has 4 nitrogen and oxygen atoms in total. The van der Waals surface area contributed by atoms with Crippen molar-refractivity contribution < 1.29 is 5.11 Å². The zero-order valence-electron chi connectivity index (χ0n) is 7.79. The third kappa shape index (κ3) is 2.71. The van der Waals surface area contributed by atoms with Gasteiger partial charge in [0.1, 0.15) is 0 Å². The fourth-order valence-corrected chi connectivity index (χ4v) is 1.55. The van der Waals surface area contributed by atoms with Crippen molar-refractivity contribution in [3.05, 3.63) is 0 Å². The monoisotopic (exact) mass is 173 g/mol. The number of hydrogen-bond acceptors (Lipinski definition) is 4. The number of nitrogens with one attached hydrogen (secondary N) is 1. The molecule has 1 rings (SSSR count). The van der Waals surface area contributed by atoms with E-state index >= 15 is 0 Å². The Morgan fingerprint density at radius 1 is 1.42 bits per heavy atom. The molecule has 0 aromatic rings. The SMILES string of the molecule is CCN(CCO)N1CCNCC1. The van der Waals surface area contributed by atoms with Gasteiger partial charge in [-0.25, -0.2) is 10.0 Å². The number of nitrogens with zero attached hydrogens (tertiary/aromatic N) is 2. The summed E-state index contributed by atoms with van der Waals surface area (Å²) < 4.78 is 0. The fraction of sp³-hybridized carbons (Fsp3) is 1.00. The quantitative estimate of drug-likeness (QED) is 0.579. The van der Waals surface area contributed by atoms with Gasteiger partial charge < -0.3 is 10.4 Å². The molecular formula is C8H19N3O. The molecule has 0 aromatic heterocycles. The molecule has 4 heteroatoms. The molecule has 1 aliphatic heterocycles. The largest absolute Gasteiger partial charge is 0.395 e. The molecule has 1 heterocycles. The molecule has 0 spiro atoms. The Hall–Kier alpha value is -0.160. The maximum absolute atomic E-state index is 8.81. The molecule has 0 amide bonds. The van der Waals surface area contributed by atoms with Crippen LogP contribution in [0.1, 0.15) is 6.92 Å². The Kier molecular flexibility index (Phi) is 4.53. The van der Waals surface area contributed by atoms with Crippen LogP contribution in [0.3, 0.4) is 0 Å². The second-order valence-corrected chi connectivity index (χ2v) is 2.97. The van der Waals surface area contributed by atoms with Gasteiger partial charge in [-0.1, -0.05) is 6.92 Å². The molecule has 1 aliphatic rings. The van der Waals surface area contributed by atoms with Crippen molar-refractivity contribution in [1.82, 2.24) is 15.3 Å². The van der Waals surface area contributed by atoms with E-state index in [-0.39, 0.29) is 6.61 Å². The van der Waals surface area contributed by atoms with Crippen molar-refractivity contribution in [2.45, 2.75) is 6.92 Å². The van der Waals surface area contributed by atoms with Crippen LogP contribution >= 0.6 is 0 Å². The van der Waals surface area contributed by atoms with E-state index in [1.807, 2.05) is 0 Å². The van der Waals surface area contributed by atoms with Crippen molar-refractivity contribution in [3.63, 3.8) is 0 Å². The van der Waals surface area contributed by atoms with Crippen LogP contribution in [0.15, 0.2) is 0 Å². The van der Waals surface area contributed by atoms with Crippen molar-refractivity contribution in [1.29, 1.82) is 0 Å². The first-order valence-electron chi connectivity index (χ1n) is 4.70. The Bertz CT molecular complexity index is 112. The van der Waals surface area contributed by atoms with Gasteiger partial charge in [0, 0.05) is 39.3 Å². The molecule has 72 valence electrons. The van der Waals surface area contributed by atoms with Crippen molar-refractivity contribution in [2.75, 3.05) is 45.9 Å². The lowest BCUT2D eigenvalue weighted by molar-refractivity contribution is -0.0391. The Balaban J connectivity index is 2.29. The lowest BCUT2D eigenvalue weighted by Crippen LogP contribution is -2.53. The second-order valence-electron chi connectivity index (χ2n) is 2.97. The van der Waals surface area contributed by atoms with Gasteiger partial charge in [0.2, 0.25) is 0 Å². The van der Waals surface area contributed by atoms with Crippen LogP contribution in [0.2, 0.25) is 0 Å². The Morgan fingerprint density at radius 2 is 2.08 bits per heavy atom. The van der Waals surface area contributed by atoms with Crippen LogP contribution < -0.4 is 5.32 Å². The zero-order chi connectivity index (χ0) is 8.81. The van der Waals surface area contributed by atoms with Gasteiger partial charge in [0.25, 0.3) is 0 Å². The number of piperazine rings is 1. The van der Waals surface area contributed by atoms with E-state index in [1.165, 1.54) is 0 Å². The minimum Gasteiger partial charge on any atom is -0.395 e. The van der Waals surface area contributed by atoms with Crippen LogP contribution in [0.25, 0.3) is 0 Å². The van der Waals surface area contributed by atoms with E-state index in [0.29, 0.717) is 0 Å². The highest BCUT2D eigenvalue weighted by Gasteiger charge is 2.14. The predicted molar refractivity (Wildman–Crippen MR) is 48.8 cm³/mol. The highest BCUT2D eigenvalue weighted by Crippen LogP contribution is 1.98. The molecule has 0 radical (unpaired) electrons. The fourth-order valence-electron chi connectivity index (χ4n) is 1.55. The molecule has 12 heavy (non-hydrogen) atoms. The number of aliphatic hydroxyl groups excluding tert-OH is 1. The van der Waals surface area contributed by atoms with Crippen LogP contribution in [0.5, 0.6) is 0 Å². The van der Waals surface area contributed by atoms with Crippen LogP contribution in [-0.2, 0) is 0 Å². The topological polar surface area (TPSA) is 38.7 Å². The van der Waals surface area contributed by atoms with E-state index < -0.39 is 0 Å². The van der Waals surface area contributed by atoms with E-state index in [9.17, 15) is 0 Å². The van der Waals surface area contributed by atoms with E-state index in [2.05, 4.69) is 22.3 Å². The highest BCUT2D eigenvalue weighted by atomic mass is 16.3. The Labute approximate surface area is 74.1 Å². The highest BCUT2D eigenvalue weighted by molar-refractivity contribution is 4.65. The van der Waals surface area contributed by atoms with E-state index in [0.717, 1.165) is 39.3 Å². The van der Waals surface area contributed by atoms with Gasteiger partial charge in [0.05, 0.1) is 6.61 Å². The van der Waals surface area contributed by atoms with Gasteiger partial charge in [0.15, 0.2) is 0 Å². The van der Waals surface area contributed by atoms with Crippen molar-refractivity contribution >= 4 is 0 Å². The average Bonchev–Trinajstić information content (AvgIpc) is 2.15. The molecule has 1 fully saturated rings. The summed E-state index contributed by atoms with van der Waals surface area (Å²) in [4.78, 5) is 0. The number of hydrogen-bond donors (Lipinski definition) is 2. The number of hydrazine groups is 1. The van der Waals surface area contributed by atoms with Crippen LogP contribution in [0.4, 0.5) is 0 Å². The molecule has 1 saturated heterocycles. The van der Waals surface area contributed by atoms with Gasteiger partial charge in [-0.3, -0.25) is 0 Å². The van der Waals surface area contributed by atoms with Gasteiger partial charge >= 0.3 is 0 Å². The summed E-state index contributed by atoms with van der Waals surface area (Å²) in [5, 5.41) is 16.6. The van der Waals surface area contributed by atoms with Crippen LogP contribution in [-0.4, -0.2) is 61.0 Å². The molecule has 0 unspecified atom stereocenters. The third-order valence-corrected chi connectivity index (χ3v) is 2.22. The van der Waals surface area contributed by atoms with Crippen LogP contribution in [0, 0.1) is 0 Å². The lowest BCUT2D eigenvalue weighted by Gasteiger charge is -2.36. The molecule has 2 N–H and O–H groups in total. The van der Waals surface area contributed by atoms with Crippen molar-refractivity contribution in [2.24, 2.45) is 0 Å². The average molecular weight is 173 g/mol. The minimum absolute atomic E-state index is 0.248. The molecule has 0 aliphatic carbocycles. The summed E-state index contributed by atoms with van der Waals surface area (Å²) in [6, 6.07) is 0. The molecule has 0 bridgehead atoms. The first-order valence-corrected chi connectivity index (χ1v) is 4.70. The summed E-state index contributed by atoms with van der Waals surface area (Å²) >= 11 is 0. The summed E-state index contributed by atoms with van der Waals surface area (Å²) in [6.07, 6.45) is 0. The number of aliphatic hydroxyl groups is 1. The Morgan fingerprint density at radius 3 is 2.58 bits per heavy atom. The smallest absolute Gasteiger partial charge is 0.0572 e. The van der Waals surface area contributed by atoms with Gasteiger partial charge in [-0.15, -0.1) is 0 Å². The zero-order valence-corrected chi connectivity index (χ0v) is 7.79. The predicted octanol–water partition coefficient (Wildman–Crippen LogP) is -0.879. The molecule has 0 aromatic carbocycles. The maximum Gasteiger partial charge on any atom is 0.0572 e. The van der Waals surface area contributed by atoms with E-state index in [4.69, 9.17) is 5.11 Å². The first-order chi connectivity index (χ1) is 5.88. The minimum atomic E-state index is 0.248. The van der Waals surface area contributed by atoms with E-state index in [1.54, 1.807) is 0 Å². The van der Waals surface area contributed by atoms with Crippen molar-refractivity contribution in [3.8, 4) is 0 Å². The maximum atomic E-state index is 8.81. The normalized spacial score (nSPS) is 20.2. The van der Waals surface area contributed by atoms with Gasteiger partial charge in [-0.2, -0.15) is 0 Å². The third-order valence-electron chi connectivity index (χ3n) is 2.22. The summed E-state index contributed by atoms with van der Waals surface area (Å²) in [7, 11) is 0. The lowest BCUT2D eigenvalue weighted by atomic mass is 10.4. The summed E-state index contributed by atoms with van der Waals surface area (Å²) in [5.41, 5.74) is 0. The molecular weight excluding hydrogens is 154 g/mol. The molecule has 0 saturated carbocycles. The molecule has 0 atom stereocenters. The summed E-state index contributed by atoms with van der Waals surface area (Å²) in [6.45, 7) is 8.36.